The Hall–Kier alpha value is -0.410. The standard InChI is InChI=1S/C18H33N5S.HI/c1-4-19-18(22-14-17-21-13-15(2)24-17)20-11-8-12-23(3)16-9-6-5-7-10-16;/h13,16H,4-12,14H2,1-3H3,(H2,19,20,22);1H. The van der Waals surface area contributed by atoms with E-state index in [0.717, 1.165) is 43.1 Å². The number of rotatable bonds is 8. The molecule has 2 N–H and O–H groups in total. The van der Waals surface area contributed by atoms with Gasteiger partial charge in [-0.1, -0.05) is 19.3 Å². The number of aromatic nitrogens is 1. The molecule has 0 unspecified atom stereocenters. The molecule has 0 aromatic carbocycles. The number of halogens is 1. The average Bonchev–Trinajstić information content (AvgIpc) is 3.02. The van der Waals surface area contributed by atoms with Crippen LogP contribution in [-0.4, -0.2) is 48.6 Å². The van der Waals surface area contributed by atoms with Crippen molar-refractivity contribution in [3.63, 3.8) is 0 Å². The van der Waals surface area contributed by atoms with Crippen molar-refractivity contribution in [3.05, 3.63) is 16.1 Å². The number of guanidine groups is 1. The Morgan fingerprint density at radius 2 is 2.08 bits per heavy atom. The number of thiazole rings is 1. The monoisotopic (exact) mass is 479 g/mol. The van der Waals surface area contributed by atoms with Gasteiger partial charge in [0.05, 0.1) is 6.54 Å². The van der Waals surface area contributed by atoms with E-state index >= 15 is 0 Å². The fraction of sp³-hybridized carbons (Fsp3) is 0.778. The second-order valence-corrected chi connectivity index (χ2v) is 7.93. The van der Waals surface area contributed by atoms with Gasteiger partial charge >= 0.3 is 0 Å². The Bertz CT molecular complexity index is 499. The number of aliphatic imine (C=N–C) groups is 1. The minimum absolute atomic E-state index is 0. The minimum atomic E-state index is 0. The molecule has 7 heteroatoms. The third-order valence-corrected chi connectivity index (χ3v) is 5.46. The Morgan fingerprint density at radius 1 is 1.32 bits per heavy atom. The number of nitrogens with one attached hydrogen (secondary N) is 2. The third-order valence-electron chi connectivity index (χ3n) is 4.56. The smallest absolute Gasteiger partial charge is 0.191 e. The van der Waals surface area contributed by atoms with Crippen LogP contribution in [0.15, 0.2) is 11.2 Å². The van der Waals surface area contributed by atoms with Crippen LogP contribution in [0.2, 0.25) is 0 Å². The predicted octanol–water partition coefficient (Wildman–Crippen LogP) is 3.78. The third kappa shape index (κ3) is 8.68. The maximum atomic E-state index is 4.63. The Kier molecular flexibility index (Phi) is 11.6. The molecule has 0 saturated heterocycles. The zero-order valence-corrected chi connectivity index (χ0v) is 19.0. The summed E-state index contributed by atoms with van der Waals surface area (Å²) in [7, 11) is 2.28. The Balaban J connectivity index is 0.00000312. The van der Waals surface area contributed by atoms with Crippen LogP contribution in [0.3, 0.4) is 0 Å². The van der Waals surface area contributed by atoms with E-state index in [-0.39, 0.29) is 24.0 Å². The van der Waals surface area contributed by atoms with Gasteiger partial charge < -0.3 is 15.5 Å². The highest BCUT2D eigenvalue weighted by atomic mass is 127. The predicted molar refractivity (Wildman–Crippen MR) is 119 cm³/mol. The molecular formula is C18H34IN5S. The van der Waals surface area contributed by atoms with Gasteiger partial charge in [0.15, 0.2) is 5.96 Å². The van der Waals surface area contributed by atoms with Crippen LogP contribution >= 0.6 is 35.3 Å². The SMILES string of the molecule is CCNC(=NCc1ncc(C)s1)NCCCN(C)C1CCCCC1.I. The normalized spacial score (nSPS) is 15.9. The Labute approximate surface area is 174 Å². The summed E-state index contributed by atoms with van der Waals surface area (Å²) in [4.78, 5) is 12.8. The summed E-state index contributed by atoms with van der Waals surface area (Å²) in [6, 6.07) is 0.800. The lowest BCUT2D eigenvalue weighted by molar-refractivity contribution is 0.190. The second-order valence-electron chi connectivity index (χ2n) is 6.61. The first-order valence-corrected chi connectivity index (χ1v) is 10.1. The lowest BCUT2D eigenvalue weighted by Crippen LogP contribution is -2.39. The van der Waals surface area contributed by atoms with Gasteiger partial charge in [-0.05, 0) is 46.7 Å². The summed E-state index contributed by atoms with van der Waals surface area (Å²) < 4.78 is 0. The highest BCUT2D eigenvalue weighted by molar-refractivity contribution is 14.0. The van der Waals surface area contributed by atoms with Crippen molar-refractivity contribution in [1.82, 2.24) is 20.5 Å². The van der Waals surface area contributed by atoms with Gasteiger partial charge in [-0.15, -0.1) is 35.3 Å². The van der Waals surface area contributed by atoms with Crippen LogP contribution in [0, 0.1) is 6.92 Å². The molecule has 1 fully saturated rings. The fourth-order valence-corrected chi connectivity index (χ4v) is 3.91. The topological polar surface area (TPSA) is 52.6 Å². The molecule has 0 bridgehead atoms. The van der Waals surface area contributed by atoms with Crippen molar-refractivity contribution in [2.24, 2.45) is 4.99 Å². The lowest BCUT2D eigenvalue weighted by Gasteiger charge is -2.31. The van der Waals surface area contributed by atoms with Crippen molar-refractivity contribution in [2.45, 2.75) is 65.0 Å². The molecule has 1 heterocycles. The summed E-state index contributed by atoms with van der Waals surface area (Å²) >= 11 is 1.72. The van der Waals surface area contributed by atoms with E-state index in [1.165, 1.54) is 37.0 Å². The van der Waals surface area contributed by atoms with E-state index in [2.05, 4.69) is 46.4 Å². The van der Waals surface area contributed by atoms with Crippen molar-refractivity contribution in [2.75, 3.05) is 26.7 Å². The van der Waals surface area contributed by atoms with Crippen molar-refractivity contribution >= 4 is 41.3 Å². The van der Waals surface area contributed by atoms with E-state index < -0.39 is 0 Å². The van der Waals surface area contributed by atoms with E-state index in [1.807, 2.05) is 6.20 Å². The lowest BCUT2D eigenvalue weighted by atomic mass is 9.94. The van der Waals surface area contributed by atoms with Gasteiger partial charge in [0, 0.05) is 30.2 Å². The number of aryl methyl sites for hydroxylation is 1. The highest BCUT2D eigenvalue weighted by Gasteiger charge is 2.17. The summed E-state index contributed by atoms with van der Waals surface area (Å²) in [6.07, 6.45) is 10.0. The molecule has 5 nitrogen and oxygen atoms in total. The summed E-state index contributed by atoms with van der Waals surface area (Å²) in [6.45, 7) is 7.82. The van der Waals surface area contributed by atoms with Crippen LogP contribution in [0.1, 0.15) is 55.3 Å². The van der Waals surface area contributed by atoms with Gasteiger partial charge in [-0.3, -0.25) is 0 Å². The first-order valence-electron chi connectivity index (χ1n) is 9.32. The summed E-state index contributed by atoms with van der Waals surface area (Å²) in [5.74, 6) is 0.894. The average molecular weight is 479 g/mol. The number of hydrogen-bond donors (Lipinski definition) is 2. The van der Waals surface area contributed by atoms with Gasteiger partial charge in [0.2, 0.25) is 0 Å². The molecular weight excluding hydrogens is 445 g/mol. The molecule has 1 aromatic rings. The molecule has 25 heavy (non-hydrogen) atoms. The van der Waals surface area contributed by atoms with Crippen LogP contribution in [0.4, 0.5) is 0 Å². The van der Waals surface area contributed by atoms with E-state index in [9.17, 15) is 0 Å². The van der Waals surface area contributed by atoms with Crippen LogP contribution < -0.4 is 10.6 Å². The first kappa shape index (κ1) is 22.6. The molecule has 1 aliphatic rings. The minimum Gasteiger partial charge on any atom is -0.357 e. The quantitative estimate of drug-likeness (QED) is 0.258. The largest absolute Gasteiger partial charge is 0.357 e. The maximum Gasteiger partial charge on any atom is 0.191 e. The molecule has 0 amide bonds. The van der Waals surface area contributed by atoms with E-state index in [0.29, 0.717) is 6.54 Å². The van der Waals surface area contributed by atoms with E-state index in [1.54, 1.807) is 11.3 Å². The van der Waals surface area contributed by atoms with Crippen LogP contribution in [0.25, 0.3) is 0 Å². The van der Waals surface area contributed by atoms with E-state index in [4.69, 9.17) is 0 Å². The van der Waals surface area contributed by atoms with Gasteiger partial charge in [-0.2, -0.15) is 0 Å². The van der Waals surface area contributed by atoms with Crippen molar-refractivity contribution in [1.29, 1.82) is 0 Å². The molecule has 2 rings (SSSR count). The molecule has 1 saturated carbocycles. The molecule has 0 spiro atoms. The van der Waals surface area contributed by atoms with Crippen LogP contribution in [0.5, 0.6) is 0 Å². The first-order chi connectivity index (χ1) is 11.7. The molecule has 0 atom stereocenters. The van der Waals surface area contributed by atoms with Crippen LogP contribution in [-0.2, 0) is 6.54 Å². The molecule has 144 valence electrons. The van der Waals surface area contributed by atoms with Crippen molar-refractivity contribution in [3.8, 4) is 0 Å². The number of nitrogens with zero attached hydrogens (tertiary/aromatic N) is 3. The fourth-order valence-electron chi connectivity index (χ4n) is 3.20. The maximum absolute atomic E-state index is 4.63. The summed E-state index contributed by atoms with van der Waals surface area (Å²) in [5, 5.41) is 7.83. The zero-order valence-electron chi connectivity index (χ0n) is 15.9. The Morgan fingerprint density at radius 3 is 2.72 bits per heavy atom. The molecule has 0 aliphatic heterocycles. The molecule has 1 aromatic heterocycles. The molecule has 0 radical (unpaired) electrons. The van der Waals surface area contributed by atoms with Crippen molar-refractivity contribution < 1.29 is 0 Å². The van der Waals surface area contributed by atoms with Gasteiger partial charge in [0.25, 0.3) is 0 Å². The molecule has 1 aliphatic carbocycles. The highest BCUT2D eigenvalue weighted by Crippen LogP contribution is 2.21. The van der Waals surface area contributed by atoms with Gasteiger partial charge in [-0.25, -0.2) is 9.98 Å². The summed E-state index contributed by atoms with van der Waals surface area (Å²) in [5.41, 5.74) is 0. The zero-order chi connectivity index (χ0) is 17.2. The second kappa shape index (κ2) is 12.9. The number of hydrogen-bond acceptors (Lipinski definition) is 4. The van der Waals surface area contributed by atoms with Gasteiger partial charge in [0.1, 0.15) is 5.01 Å².